The molecule has 3 aromatic carbocycles. The molecule has 0 spiro atoms. The second kappa shape index (κ2) is 6.38. The second-order valence-corrected chi connectivity index (χ2v) is 6.60. The Labute approximate surface area is 151 Å². The van der Waals surface area contributed by atoms with E-state index in [4.69, 9.17) is 5.26 Å². The van der Waals surface area contributed by atoms with Gasteiger partial charge in [0.1, 0.15) is 17.7 Å². The van der Waals surface area contributed by atoms with Crippen LogP contribution >= 0.6 is 0 Å². The van der Waals surface area contributed by atoms with Crippen LogP contribution in [0.4, 0.5) is 8.78 Å². The van der Waals surface area contributed by atoms with Crippen molar-refractivity contribution in [3.05, 3.63) is 82.4 Å². The van der Waals surface area contributed by atoms with Crippen LogP contribution in [0, 0.1) is 23.0 Å². The van der Waals surface area contributed by atoms with Gasteiger partial charge in [0.15, 0.2) is 0 Å². The van der Waals surface area contributed by atoms with E-state index in [2.05, 4.69) is 0 Å². The Balaban J connectivity index is 1.79. The van der Waals surface area contributed by atoms with Crippen LogP contribution in [0.25, 0.3) is 22.3 Å². The van der Waals surface area contributed by atoms with Gasteiger partial charge in [-0.2, -0.15) is 5.26 Å². The molecule has 3 aromatic rings. The monoisotopic (exact) mass is 345 g/mol. The molecule has 0 aliphatic heterocycles. The van der Waals surface area contributed by atoms with Crippen molar-refractivity contribution < 1.29 is 8.78 Å². The van der Waals surface area contributed by atoms with Crippen molar-refractivity contribution >= 4 is 0 Å². The first-order valence-corrected chi connectivity index (χ1v) is 8.76. The predicted molar refractivity (Wildman–Crippen MR) is 98.7 cm³/mol. The van der Waals surface area contributed by atoms with E-state index in [-0.39, 0.29) is 11.4 Å². The standard InChI is InChI=1S/C23H17F2N/c1-2-14-5-9-20-19-8-6-15(11-17(19)7-10-21(20)23(14)25)16-3-4-18(13-26)22(24)12-16/h3-6,8-9,11-12H,2,7,10H2,1H3. The number of rotatable bonds is 2. The molecule has 1 nitrogen and oxygen atoms in total. The Hall–Kier alpha value is -2.99. The minimum Gasteiger partial charge on any atom is -0.206 e. The summed E-state index contributed by atoms with van der Waals surface area (Å²) in [5.41, 5.74) is 6.39. The number of hydrogen-bond donors (Lipinski definition) is 0. The van der Waals surface area contributed by atoms with Crippen LogP contribution in [-0.2, 0) is 19.3 Å². The molecule has 4 rings (SSSR count). The summed E-state index contributed by atoms with van der Waals surface area (Å²) in [6.45, 7) is 1.96. The van der Waals surface area contributed by atoms with Crippen LogP contribution in [-0.4, -0.2) is 0 Å². The third-order valence-electron chi connectivity index (χ3n) is 5.17. The van der Waals surface area contributed by atoms with Gasteiger partial charge in [-0.1, -0.05) is 43.3 Å². The first-order valence-electron chi connectivity index (χ1n) is 8.76. The second-order valence-electron chi connectivity index (χ2n) is 6.60. The molecule has 3 heteroatoms. The molecule has 1 aliphatic carbocycles. The minimum absolute atomic E-state index is 0.0443. The number of nitriles is 1. The Kier molecular flexibility index (Phi) is 4.05. The molecule has 0 atom stereocenters. The number of aryl methyl sites for hydroxylation is 2. The summed E-state index contributed by atoms with van der Waals surface area (Å²) in [5.74, 6) is -0.587. The molecular formula is C23H17F2N. The van der Waals surface area contributed by atoms with Gasteiger partial charge in [0.2, 0.25) is 0 Å². The molecule has 0 unspecified atom stereocenters. The van der Waals surface area contributed by atoms with E-state index < -0.39 is 5.82 Å². The smallest absolute Gasteiger partial charge is 0.141 e. The molecule has 0 amide bonds. The van der Waals surface area contributed by atoms with Crippen LogP contribution in [0.5, 0.6) is 0 Å². The number of hydrogen-bond acceptors (Lipinski definition) is 1. The highest BCUT2D eigenvalue weighted by molar-refractivity contribution is 5.78. The first-order chi connectivity index (χ1) is 12.6. The maximum Gasteiger partial charge on any atom is 0.141 e. The molecule has 0 N–H and O–H groups in total. The summed E-state index contributed by atoms with van der Waals surface area (Å²) in [4.78, 5) is 0. The van der Waals surface area contributed by atoms with Gasteiger partial charge >= 0.3 is 0 Å². The van der Waals surface area contributed by atoms with Crippen LogP contribution in [0.15, 0.2) is 48.5 Å². The molecule has 0 aromatic heterocycles. The van der Waals surface area contributed by atoms with Crippen molar-refractivity contribution in [3.63, 3.8) is 0 Å². The van der Waals surface area contributed by atoms with Gasteiger partial charge in [-0.3, -0.25) is 0 Å². The van der Waals surface area contributed by atoms with Gasteiger partial charge in [-0.05, 0) is 70.3 Å². The van der Waals surface area contributed by atoms with E-state index in [0.717, 1.165) is 45.4 Å². The van der Waals surface area contributed by atoms with Gasteiger partial charge in [0, 0.05) is 0 Å². The van der Waals surface area contributed by atoms with Crippen molar-refractivity contribution in [3.8, 4) is 28.3 Å². The lowest BCUT2D eigenvalue weighted by molar-refractivity contribution is 0.593. The average molecular weight is 345 g/mol. The Bertz CT molecular complexity index is 1060. The predicted octanol–water partition coefficient (Wildman–Crippen LogP) is 5.83. The number of benzene rings is 3. The number of nitrogens with zero attached hydrogens (tertiary/aromatic N) is 1. The molecule has 0 saturated heterocycles. The molecule has 0 saturated carbocycles. The fourth-order valence-electron chi connectivity index (χ4n) is 3.73. The van der Waals surface area contributed by atoms with Gasteiger partial charge in [0.25, 0.3) is 0 Å². The summed E-state index contributed by atoms with van der Waals surface area (Å²) in [6.07, 6.45) is 2.13. The number of fused-ring (bicyclic) bond motifs is 3. The summed E-state index contributed by atoms with van der Waals surface area (Å²) in [5, 5.41) is 8.87. The van der Waals surface area contributed by atoms with Gasteiger partial charge < -0.3 is 0 Å². The largest absolute Gasteiger partial charge is 0.206 e. The number of halogens is 2. The van der Waals surface area contributed by atoms with Crippen molar-refractivity contribution in [2.45, 2.75) is 26.2 Å². The van der Waals surface area contributed by atoms with Gasteiger partial charge in [-0.25, -0.2) is 8.78 Å². The molecule has 26 heavy (non-hydrogen) atoms. The van der Waals surface area contributed by atoms with Crippen molar-refractivity contribution in [2.24, 2.45) is 0 Å². The first kappa shape index (κ1) is 16.5. The Morgan fingerprint density at radius 1 is 0.923 bits per heavy atom. The minimum atomic E-state index is -0.512. The molecule has 0 bridgehead atoms. The van der Waals surface area contributed by atoms with E-state index in [0.29, 0.717) is 12.8 Å². The molecular weight excluding hydrogens is 328 g/mol. The normalized spacial score (nSPS) is 12.2. The molecule has 0 fully saturated rings. The van der Waals surface area contributed by atoms with Crippen molar-refractivity contribution in [1.29, 1.82) is 5.26 Å². The van der Waals surface area contributed by atoms with Crippen LogP contribution in [0.2, 0.25) is 0 Å². The lowest BCUT2D eigenvalue weighted by Crippen LogP contribution is -2.08. The van der Waals surface area contributed by atoms with E-state index >= 15 is 0 Å². The summed E-state index contributed by atoms with van der Waals surface area (Å²) >= 11 is 0. The van der Waals surface area contributed by atoms with Crippen LogP contribution < -0.4 is 0 Å². The topological polar surface area (TPSA) is 23.8 Å². The van der Waals surface area contributed by atoms with E-state index in [1.165, 1.54) is 12.1 Å². The highest BCUT2D eigenvalue weighted by Crippen LogP contribution is 2.38. The maximum atomic E-state index is 14.6. The third-order valence-corrected chi connectivity index (χ3v) is 5.17. The highest BCUT2D eigenvalue weighted by Gasteiger charge is 2.21. The fourth-order valence-corrected chi connectivity index (χ4v) is 3.73. The molecule has 0 radical (unpaired) electrons. The molecule has 0 heterocycles. The molecule has 128 valence electrons. The third kappa shape index (κ3) is 2.59. The average Bonchev–Trinajstić information content (AvgIpc) is 2.67. The van der Waals surface area contributed by atoms with E-state index in [1.807, 2.05) is 43.3 Å². The lowest BCUT2D eigenvalue weighted by atomic mass is 9.83. The van der Waals surface area contributed by atoms with Gasteiger partial charge in [0.05, 0.1) is 5.56 Å². The van der Waals surface area contributed by atoms with Crippen molar-refractivity contribution in [2.75, 3.05) is 0 Å². The van der Waals surface area contributed by atoms with Crippen molar-refractivity contribution in [1.82, 2.24) is 0 Å². The lowest BCUT2D eigenvalue weighted by Gasteiger charge is -2.22. The zero-order valence-corrected chi connectivity index (χ0v) is 14.4. The Morgan fingerprint density at radius 2 is 1.65 bits per heavy atom. The molecule has 1 aliphatic rings. The SMILES string of the molecule is CCc1ccc2c(c1F)CCc1cc(-c3ccc(C#N)c(F)c3)ccc1-2. The summed E-state index contributed by atoms with van der Waals surface area (Å²) in [7, 11) is 0. The maximum absolute atomic E-state index is 14.6. The quantitative estimate of drug-likeness (QED) is 0.573. The zero-order chi connectivity index (χ0) is 18.3. The fraction of sp³-hybridized carbons (Fsp3) is 0.174. The zero-order valence-electron chi connectivity index (χ0n) is 14.4. The van der Waals surface area contributed by atoms with Gasteiger partial charge in [-0.15, -0.1) is 0 Å². The van der Waals surface area contributed by atoms with E-state index in [9.17, 15) is 8.78 Å². The Morgan fingerprint density at radius 3 is 2.38 bits per heavy atom. The highest BCUT2D eigenvalue weighted by atomic mass is 19.1. The van der Waals surface area contributed by atoms with E-state index in [1.54, 1.807) is 6.07 Å². The summed E-state index contributed by atoms with van der Waals surface area (Å²) in [6, 6.07) is 16.3. The summed E-state index contributed by atoms with van der Waals surface area (Å²) < 4.78 is 28.6. The van der Waals surface area contributed by atoms with Crippen LogP contribution in [0.1, 0.15) is 29.2 Å². The van der Waals surface area contributed by atoms with Crippen LogP contribution in [0.3, 0.4) is 0 Å².